The second-order valence-corrected chi connectivity index (χ2v) is 5.36. The van der Waals surface area contributed by atoms with Crippen LogP contribution in [0.1, 0.15) is 19.8 Å². The lowest BCUT2D eigenvalue weighted by molar-refractivity contribution is -0.150. The van der Waals surface area contributed by atoms with Gasteiger partial charge in [-0.05, 0) is 32.7 Å². The maximum absolute atomic E-state index is 12.2. The fourth-order valence-corrected chi connectivity index (χ4v) is 3.22. The smallest absolute Gasteiger partial charge is 0.327 e. The third kappa shape index (κ3) is 2.70. The first kappa shape index (κ1) is 13.4. The highest BCUT2D eigenvalue weighted by Gasteiger charge is 2.51. The molecule has 0 aliphatic heterocycles. The van der Waals surface area contributed by atoms with E-state index in [2.05, 4.69) is 15.3 Å². The Morgan fingerprint density at radius 3 is 3.00 bits per heavy atom. The molecule has 1 heterocycles. The maximum atomic E-state index is 12.2. The van der Waals surface area contributed by atoms with E-state index < -0.39 is 5.54 Å². The number of hydrogen-bond acceptors (Lipinski definition) is 5. The molecule has 0 radical (unpaired) electrons. The lowest BCUT2D eigenvalue weighted by atomic mass is 9.96. The first-order valence-corrected chi connectivity index (χ1v) is 7.19. The van der Waals surface area contributed by atoms with E-state index in [-0.39, 0.29) is 5.97 Å². The van der Waals surface area contributed by atoms with Crippen LogP contribution in [-0.2, 0) is 9.53 Å². The van der Waals surface area contributed by atoms with Gasteiger partial charge in [0.15, 0.2) is 5.16 Å². The fraction of sp³-hybridized carbons (Fsp3) is 0.667. The highest BCUT2D eigenvalue weighted by Crippen LogP contribution is 2.42. The molecule has 1 aliphatic rings. The number of aromatic amines is 1. The van der Waals surface area contributed by atoms with Gasteiger partial charge >= 0.3 is 5.97 Å². The summed E-state index contributed by atoms with van der Waals surface area (Å²) in [5.41, 5.74) is -0.576. The van der Waals surface area contributed by atoms with Gasteiger partial charge in [0.1, 0.15) is 5.54 Å². The standard InChI is InChI=1S/C12H19N3O2S/c1-3-17-10(16)12(13-2,9-4-5-9)8-18-11-14-6-7-15-11/h6-7,9,13H,3-5,8H2,1-2H3,(H,14,15). The van der Waals surface area contributed by atoms with E-state index in [4.69, 9.17) is 4.74 Å². The number of esters is 1. The Bertz CT molecular complexity index is 392. The molecular weight excluding hydrogens is 250 g/mol. The van der Waals surface area contributed by atoms with Crippen molar-refractivity contribution in [3.8, 4) is 0 Å². The molecule has 1 saturated carbocycles. The Balaban J connectivity index is 2.06. The molecule has 18 heavy (non-hydrogen) atoms. The molecule has 2 N–H and O–H groups in total. The highest BCUT2D eigenvalue weighted by atomic mass is 32.2. The molecule has 1 aromatic rings. The molecule has 1 aliphatic carbocycles. The summed E-state index contributed by atoms with van der Waals surface area (Å²) in [5.74, 6) is 0.874. The van der Waals surface area contributed by atoms with E-state index in [0.29, 0.717) is 18.3 Å². The summed E-state index contributed by atoms with van der Waals surface area (Å²) >= 11 is 1.55. The van der Waals surface area contributed by atoms with Gasteiger partial charge < -0.3 is 15.0 Å². The molecule has 5 nitrogen and oxygen atoms in total. The van der Waals surface area contributed by atoms with Gasteiger partial charge in [-0.15, -0.1) is 0 Å². The third-order valence-corrected chi connectivity index (χ3v) is 4.37. The van der Waals surface area contributed by atoms with E-state index in [0.717, 1.165) is 18.0 Å². The van der Waals surface area contributed by atoms with Crippen molar-refractivity contribution < 1.29 is 9.53 Å². The number of nitrogens with one attached hydrogen (secondary N) is 2. The number of rotatable bonds is 7. The topological polar surface area (TPSA) is 67.0 Å². The van der Waals surface area contributed by atoms with Crippen LogP contribution in [0.3, 0.4) is 0 Å². The number of imidazole rings is 1. The Kier molecular flexibility index (Phi) is 4.29. The fourth-order valence-electron chi connectivity index (χ4n) is 2.07. The summed E-state index contributed by atoms with van der Waals surface area (Å²) in [6.45, 7) is 2.26. The van der Waals surface area contributed by atoms with Gasteiger partial charge in [-0.1, -0.05) is 11.8 Å². The Hall–Kier alpha value is -1.01. The molecule has 1 fully saturated rings. The minimum Gasteiger partial charge on any atom is -0.465 e. The zero-order valence-corrected chi connectivity index (χ0v) is 11.5. The Morgan fingerprint density at radius 2 is 2.50 bits per heavy atom. The van der Waals surface area contributed by atoms with Crippen LogP contribution >= 0.6 is 11.8 Å². The summed E-state index contributed by atoms with van der Waals surface area (Å²) < 4.78 is 5.22. The number of aromatic nitrogens is 2. The van der Waals surface area contributed by atoms with E-state index in [1.54, 1.807) is 24.2 Å². The first-order chi connectivity index (χ1) is 8.73. The van der Waals surface area contributed by atoms with Crippen molar-refractivity contribution in [1.29, 1.82) is 0 Å². The number of thioether (sulfide) groups is 1. The molecule has 1 atom stereocenters. The molecule has 1 aromatic heterocycles. The normalized spacial score (nSPS) is 18.3. The molecule has 0 aromatic carbocycles. The number of hydrogen-bond donors (Lipinski definition) is 2. The van der Waals surface area contributed by atoms with Gasteiger partial charge in [0, 0.05) is 18.1 Å². The lowest BCUT2D eigenvalue weighted by Gasteiger charge is -2.30. The quantitative estimate of drug-likeness (QED) is 0.579. The van der Waals surface area contributed by atoms with E-state index in [9.17, 15) is 4.79 Å². The number of carbonyl (C=O) groups excluding carboxylic acids is 1. The van der Waals surface area contributed by atoms with Crippen LogP contribution in [0.15, 0.2) is 17.6 Å². The number of nitrogens with zero attached hydrogens (tertiary/aromatic N) is 1. The van der Waals surface area contributed by atoms with Crippen molar-refractivity contribution in [2.24, 2.45) is 5.92 Å². The van der Waals surface area contributed by atoms with Crippen LogP contribution in [0.4, 0.5) is 0 Å². The van der Waals surface area contributed by atoms with Crippen LogP contribution in [0, 0.1) is 5.92 Å². The zero-order valence-electron chi connectivity index (χ0n) is 10.7. The minimum atomic E-state index is -0.576. The van der Waals surface area contributed by atoms with Crippen molar-refractivity contribution in [1.82, 2.24) is 15.3 Å². The molecule has 0 bridgehead atoms. The van der Waals surface area contributed by atoms with E-state index in [1.165, 1.54) is 0 Å². The van der Waals surface area contributed by atoms with Crippen LogP contribution < -0.4 is 5.32 Å². The number of carbonyl (C=O) groups is 1. The highest BCUT2D eigenvalue weighted by molar-refractivity contribution is 7.99. The van der Waals surface area contributed by atoms with Gasteiger partial charge in [0.25, 0.3) is 0 Å². The van der Waals surface area contributed by atoms with E-state index >= 15 is 0 Å². The third-order valence-electron chi connectivity index (χ3n) is 3.27. The van der Waals surface area contributed by atoms with Crippen molar-refractivity contribution in [2.75, 3.05) is 19.4 Å². The monoisotopic (exact) mass is 269 g/mol. The van der Waals surface area contributed by atoms with Gasteiger partial charge in [-0.25, -0.2) is 4.98 Å². The molecule has 0 amide bonds. The maximum Gasteiger partial charge on any atom is 0.327 e. The summed E-state index contributed by atoms with van der Waals surface area (Å²) in [7, 11) is 1.83. The lowest BCUT2D eigenvalue weighted by Crippen LogP contribution is -2.55. The summed E-state index contributed by atoms with van der Waals surface area (Å²) in [6, 6.07) is 0. The summed E-state index contributed by atoms with van der Waals surface area (Å²) in [4.78, 5) is 19.4. The van der Waals surface area contributed by atoms with Crippen molar-refractivity contribution in [2.45, 2.75) is 30.5 Å². The average Bonchev–Trinajstić information content (AvgIpc) is 3.08. The Labute approximate surface area is 111 Å². The summed E-state index contributed by atoms with van der Waals surface area (Å²) in [5, 5.41) is 4.02. The Morgan fingerprint density at radius 1 is 1.72 bits per heavy atom. The minimum absolute atomic E-state index is 0.144. The first-order valence-electron chi connectivity index (χ1n) is 6.21. The number of ether oxygens (including phenoxy) is 1. The van der Waals surface area contributed by atoms with Crippen molar-refractivity contribution in [3.63, 3.8) is 0 Å². The molecule has 0 spiro atoms. The van der Waals surface area contributed by atoms with Crippen LogP contribution in [-0.4, -0.2) is 40.9 Å². The van der Waals surface area contributed by atoms with E-state index in [1.807, 2.05) is 14.0 Å². The SMILES string of the molecule is CCOC(=O)C(CSc1ncc[nH]1)(NC)C1CC1. The second kappa shape index (κ2) is 5.75. The van der Waals surface area contributed by atoms with Crippen LogP contribution in [0.5, 0.6) is 0 Å². The largest absolute Gasteiger partial charge is 0.465 e. The average molecular weight is 269 g/mol. The number of likely N-dealkylation sites (N-methyl/N-ethyl adjacent to an activating group) is 1. The number of H-pyrrole nitrogens is 1. The predicted molar refractivity (Wildman–Crippen MR) is 70.5 cm³/mol. The van der Waals surface area contributed by atoms with Crippen LogP contribution in [0.2, 0.25) is 0 Å². The van der Waals surface area contributed by atoms with Gasteiger partial charge in [-0.3, -0.25) is 4.79 Å². The van der Waals surface area contributed by atoms with Crippen LogP contribution in [0.25, 0.3) is 0 Å². The molecule has 100 valence electrons. The molecule has 6 heteroatoms. The molecule has 0 saturated heterocycles. The predicted octanol–water partition coefficient (Wildman–Crippen LogP) is 1.43. The zero-order chi connectivity index (χ0) is 13.0. The summed E-state index contributed by atoms with van der Waals surface area (Å²) in [6.07, 6.45) is 5.66. The molecule has 2 rings (SSSR count). The molecule has 1 unspecified atom stereocenters. The van der Waals surface area contributed by atoms with Gasteiger partial charge in [-0.2, -0.15) is 0 Å². The molecular formula is C12H19N3O2S. The van der Waals surface area contributed by atoms with Gasteiger partial charge in [0.05, 0.1) is 6.61 Å². The second-order valence-electron chi connectivity index (χ2n) is 4.40. The van der Waals surface area contributed by atoms with Crippen molar-refractivity contribution >= 4 is 17.7 Å². The van der Waals surface area contributed by atoms with Crippen molar-refractivity contribution in [3.05, 3.63) is 12.4 Å². The van der Waals surface area contributed by atoms with Gasteiger partial charge in [0.2, 0.25) is 0 Å².